The summed E-state index contributed by atoms with van der Waals surface area (Å²) in [6.45, 7) is 1.36. The van der Waals surface area contributed by atoms with E-state index in [9.17, 15) is 4.39 Å². The standard InChI is InChI=1S/C15H18FN3S/c1-17-15(18-10-14-7-4-8-20-14)19(2)11-12-5-3-6-13(16)9-12/h3-9H,10-11H2,1-2H3,(H,17,18). The van der Waals surface area contributed by atoms with Crippen LogP contribution < -0.4 is 5.32 Å². The third-order valence-corrected chi connectivity index (χ3v) is 3.76. The first kappa shape index (κ1) is 14.5. The highest BCUT2D eigenvalue weighted by Gasteiger charge is 2.07. The van der Waals surface area contributed by atoms with Gasteiger partial charge in [0, 0.05) is 25.5 Å². The van der Waals surface area contributed by atoms with E-state index in [0.29, 0.717) is 6.54 Å². The Hall–Kier alpha value is -1.88. The number of nitrogens with zero attached hydrogens (tertiary/aromatic N) is 2. The first-order valence-electron chi connectivity index (χ1n) is 6.37. The number of halogens is 1. The van der Waals surface area contributed by atoms with Gasteiger partial charge in [-0.15, -0.1) is 11.3 Å². The molecule has 1 N–H and O–H groups in total. The van der Waals surface area contributed by atoms with Crippen LogP contribution in [0.3, 0.4) is 0 Å². The Labute approximate surface area is 122 Å². The van der Waals surface area contributed by atoms with Crippen molar-refractivity contribution in [2.75, 3.05) is 14.1 Å². The van der Waals surface area contributed by atoms with Crippen molar-refractivity contribution >= 4 is 17.3 Å². The predicted octanol–water partition coefficient (Wildman–Crippen LogP) is 3.09. The Morgan fingerprint density at radius 2 is 2.20 bits per heavy atom. The summed E-state index contributed by atoms with van der Waals surface area (Å²) in [5.41, 5.74) is 0.923. The van der Waals surface area contributed by atoms with E-state index in [0.717, 1.165) is 18.1 Å². The Morgan fingerprint density at radius 1 is 1.35 bits per heavy atom. The molecule has 0 fully saturated rings. The molecule has 5 heteroatoms. The van der Waals surface area contributed by atoms with Crippen molar-refractivity contribution in [3.63, 3.8) is 0 Å². The highest BCUT2D eigenvalue weighted by molar-refractivity contribution is 7.09. The molecule has 0 amide bonds. The molecule has 1 aromatic heterocycles. The lowest BCUT2D eigenvalue weighted by molar-refractivity contribution is 0.475. The zero-order valence-corrected chi connectivity index (χ0v) is 12.5. The van der Waals surface area contributed by atoms with E-state index in [-0.39, 0.29) is 5.82 Å². The number of thiophene rings is 1. The van der Waals surface area contributed by atoms with Crippen LogP contribution in [-0.4, -0.2) is 25.0 Å². The molecular formula is C15H18FN3S. The lowest BCUT2D eigenvalue weighted by Crippen LogP contribution is -2.37. The number of rotatable bonds is 4. The molecule has 0 saturated carbocycles. The smallest absolute Gasteiger partial charge is 0.193 e. The van der Waals surface area contributed by atoms with Gasteiger partial charge in [0.2, 0.25) is 0 Å². The van der Waals surface area contributed by atoms with Gasteiger partial charge in [-0.25, -0.2) is 4.39 Å². The van der Waals surface area contributed by atoms with Gasteiger partial charge in [0.1, 0.15) is 5.82 Å². The molecule has 0 radical (unpaired) electrons. The minimum absolute atomic E-state index is 0.211. The maximum atomic E-state index is 13.2. The number of guanidine groups is 1. The van der Waals surface area contributed by atoms with Gasteiger partial charge in [-0.1, -0.05) is 18.2 Å². The summed E-state index contributed by atoms with van der Waals surface area (Å²) >= 11 is 1.71. The average molecular weight is 291 g/mol. The normalized spacial score (nSPS) is 11.4. The van der Waals surface area contributed by atoms with Gasteiger partial charge in [-0.05, 0) is 29.1 Å². The van der Waals surface area contributed by atoms with Gasteiger partial charge >= 0.3 is 0 Å². The molecule has 1 heterocycles. The van der Waals surface area contributed by atoms with Crippen LogP contribution in [0.5, 0.6) is 0 Å². The van der Waals surface area contributed by atoms with Crippen molar-refractivity contribution in [1.82, 2.24) is 10.2 Å². The van der Waals surface area contributed by atoms with Crippen LogP contribution in [0.25, 0.3) is 0 Å². The minimum atomic E-state index is -0.211. The summed E-state index contributed by atoms with van der Waals surface area (Å²) in [7, 11) is 3.69. The fraction of sp³-hybridized carbons (Fsp3) is 0.267. The quantitative estimate of drug-likeness (QED) is 0.692. The summed E-state index contributed by atoms with van der Waals surface area (Å²) < 4.78 is 13.2. The second-order valence-corrected chi connectivity index (χ2v) is 5.50. The third kappa shape index (κ3) is 4.06. The maximum absolute atomic E-state index is 13.2. The molecule has 0 bridgehead atoms. The van der Waals surface area contributed by atoms with Crippen LogP contribution in [0, 0.1) is 5.82 Å². The first-order valence-corrected chi connectivity index (χ1v) is 7.25. The van der Waals surface area contributed by atoms with Gasteiger partial charge in [-0.3, -0.25) is 4.99 Å². The Morgan fingerprint density at radius 3 is 2.85 bits per heavy atom. The molecule has 2 rings (SSSR count). The molecule has 0 aliphatic heterocycles. The number of aliphatic imine (C=N–C) groups is 1. The second kappa shape index (κ2) is 7.05. The Bertz CT molecular complexity index is 566. The van der Waals surface area contributed by atoms with Gasteiger partial charge in [0.05, 0.1) is 6.54 Å². The molecular weight excluding hydrogens is 273 g/mol. The zero-order valence-electron chi connectivity index (χ0n) is 11.6. The van der Waals surface area contributed by atoms with Gasteiger partial charge < -0.3 is 10.2 Å². The lowest BCUT2D eigenvalue weighted by Gasteiger charge is -2.22. The van der Waals surface area contributed by atoms with E-state index < -0.39 is 0 Å². The van der Waals surface area contributed by atoms with Gasteiger partial charge in [0.25, 0.3) is 0 Å². The third-order valence-electron chi connectivity index (χ3n) is 2.88. The van der Waals surface area contributed by atoms with Crippen LogP contribution in [0.4, 0.5) is 4.39 Å². The molecule has 0 aliphatic rings. The van der Waals surface area contributed by atoms with Crippen molar-refractivity contribution in [3.8, 4) is 0 Å². The first-order chi connectivity index (χ1) is 9.69. The Kier molecular flexibility index (Phi) is 5.12. The zero-order chi connectivity index (χ0) is 14.4. The Balaban J connectivity index is 1.93. The topological polar surface area (TPSA) is 27.6 Å². The summed E-state index contributed by atoms with van der Waals surface area (Å²) in [6, 6.07) is 10.7. The number of benzene rings is 1. The van der Waals surface area contributed by atoms with Crippen molar-refractivity contribution in [3.05, 3.63) is 58.0 Å². The van der Waals surface area contributed by atoms with Gasteiger partial charge in [0.15, 0.2) is 5.96 Å². The fourth-order valence-corrected chi connectivity index (χ4v) is 2.59. The number of nitrogens with one attached hydrogen (secondary N) is 1. The molecule has 3 nitrogen and oxygen atoms in total. The summed E-state index contributed by atoms with van der Waals surface area (Å²) in [6.07, 6.45) is 0. The van der Waals surface area contributed by atoms with E-state index in [4.69, 9.17) is 0 Å². The molecule has 0 saturated heterocycles. The van der Waals surface area contributed by atoms with E-state index in [1.165, 1.54) is 10.9 Å². The molecule has 0 aliphatic carbocycles. The van der Waals surface area contributed by atoms with E-state index in [2.05, 4.69) is 21.8 Å². The SMILES string of the molecule is CN=C(NCc1cccs1)N(C)Cc1cccc(F)c1. The highest BCUT2D eigenvalue weighted by Crippen LogP contribution is 2.09. The predicted molar refractivity (Wildman–Crippen MR) is 82.4 cm³/mol. The van der Waals surface area contributed by atoms with Crippen LogP contribution in [-0.2, 0) is 13.1 Å². The molecule has 2 aromatic rings. The summed E-state index contributed by atoms with van der Waals surface area (Å²) in [5, 5.41) is 5.35. The van der Waals surface area contributed by atoms with E-state index >= 15 is 0 Å². The fourth-order valence-electron chi connectivity index (χ4n) is 1.95. The van der Waals surface area contributed by atoms with E-state index in [1.807, 2.05) is 24.1 Å². The second-order valence-electron chi connectivity index (χ2n) is 4.47. The average Bonchev–Trinajstić information content (AvgIpc) is 2.92. The van der Waals surface area contributed by atoms with Crippen LogP contribution in [0.1, 0.15) is 10.4 Å². The monoisotopic (exact) mass is 291 g/mol. The van der Waals surface area contributed by atoms with Gasteiger partial charge in [-0.2, -0.15) is 0 Å². The maximum Gasteiger partial charge on any atom is 0.193 e. The summed E-state index contributed by atoms with van der Waals surface area (Å²) in [4.78, 5) is 7.48. The van der Waals surface area contributed by atoms with Crippen LogP contribution >= 0.6 is 11.3 Å². The molecule has 0 atom stereocenters. The molecule has 0 spiro atoms. The van der Waals surface area contributed by atoms with Crippen molar-refractivity contribution < 1.29 is 4.39 Å². The van der Waals surface area contributed by atoms with E-state index in [1.54, 1.807) is 30.5 Å². The largest absolute Gasteiger partial charge is 0.351 e. The highest BCUT2D eigenvalue weighted by atomic mass is 32.1. The van der Waals surface area contributed by atoms with Crippen LogP contribution in [0.2, 0.25) is 0 Å². The molecule has 1 aromatic carbocycles. The van der Waals surface area contributed by atoms with Crippen LogP contribution in [0.15, 0.2) is 46.8 Å². The lowest BCUT2D eigenvalue weighted by atomic mass is 10.2. The molecule has 106 valence electrons. The molecule has 20 heavy (non-hydrogen) atoms. The number of hydrogen-bond donors (Lipinski definition) is 1. The molecule has 0 unspecified atom stereocenters. The van der Waals surface area contributed by atoms with Crippen molar-refractivity contribution in [1.29, 1.82) is 0 Å². The minimum Gasteiger partial charge on any atom is -0.351 e. The summed E-state index contributed by atoms with van der Waals surface area (Å²) in [5.74, 6) is 0.583. The van der Waals surface area contributed by atoms with Crippen molar-refractivity contribution in [2.45, 2.75) is 13.1 Å². The van der Waals surface area contributed by atoms with Crippen molar-refractivity contribution in [2.24, 2.45) is 4.99 Å². The number of hydrogen-bond acceptors (Lipinski definition) is 2.